The minimum absolute atomic E-state index is 0.0260. The van der Waals surface area contributed by atoms with Crippen LogP contribution in [0.15, 0.2) is 10.5 Å². The number of morpholine rings is 1. The Hall–Kier alpha value is -1.67. The van der Waals surface area contributed by atoms with Gasteiger partial charge in [-0.1, -0.05) is 5.16 Å². The van der Waals surface area contributed by atoms with Gasteiger partial charge in [0.05, 0.1) is 18.2 Å². The van der Waals surface area contributed by atoms with Crippen LogP contribution >= 0.6 is 11.3 Å². The van der Waals surface area contributed by atoms with Gasteiger partial charge in [-0.3, -0.25) is 4.79 Å². The lowest BCUT2D eigenvalue weighted by Crippen LogP contribution is -2.50. The van der Waals surface area contributed by atoms with Crippen molar-refractivity contribution in [3.63, 3.8) is 0 Å². The average Bonchev–Trinajstić information content (AvgIpc) is 2.83. The number of carbonyl (C=O) groups is 1. The van der Waals surface area contributed by atoms with Crippen LogP contribution < -0.4 is 5.73 Å². The number of nitrogens with two attached hydrogens (primary N) is 1. The normalized spacial score (nSPS) is 21.1. The molecule has 8 heteroatoms. The maximum absolute atomic E-state index is 12.1. The summed E-state index contributed by atoms with van der Waals surface area (Å²) >= 11 is 1.43. The van der Waals surface area contributed by atoms with Gasteiger partial charge in [-0.15, -0.1) is 11.3 Å². The largest absolute Gasteiger partial charge is 0.409 e. The highest BCUT2D eigenvalue weighted by Gasteiger charge is 2.28. The van der Waals surface area contributed by atoms with E-state index in [0.717, 1.165) is 5.01 Å². The number of thiazole rings is 1. The average molecular weight is 270 g/mol. The van der Waals surface area contributed by atoms with Gasteiger partial charge in [0.1, 0.15) is 11.8 Å². The molecule has 3 N–H and O–H groups in total. The molecular formula is C10H14N4O3S. The highest BCUT2D eigenvalue weighted by Crippen LogP contribution is 2.13. The summed E-state index contributed by atoms with van der Waals surface area (Å²) in [5, 5.41) is 14.1. The first-order chi connectivity index (χ1) is 8.61. The van der Waals surface area contributed by atoms with Gasteiger partial charge in [0.25, 0.3) is 5.91 Å². The van der Waals surface area contributed by atoms with Gasteiger partial charge in [-0.05, 0) is 6.92 Å². The number of rotatable bonds is 2. The molecule has 1 aliphatic rings. The van der Waals surface area contributed by atoms with Gasteiger partial charge in [0.2, 0.25) is 0 Å². The van der Waals surface area contributed by atoms with Gasteiger partial charge in [-0.25, -0.2) is 4.98 Å². The lowest BCUT2D eigenvalue weighted by molar-refractivity contribution is 0.00651. The molecule has 0 aliphatic carbocycles. The van der Waals surface area contributed by atoms with E-state index in [1.807, 2.05) is 6.92 Å². The molecule has 1 aromatic rings. The van der Waals surface area contributed by atoms with E-state index >= 15 is 0 Å². The quantitative estimate of drug-likeness (QED) is 0.342. The number of nitrogens with zero attached hydrogens (tertiary/aromatic N) is 3. The van der Waals surface area contributed by atoms with Crippen LogP contribution in [-0.4, -0.2) is 52.6 Å². The highest BCUT2D eigenvalue weighted by molar-refractivity contribution is 7.09. The maximum atomic E-state index is 12.1. The fraction of sp³-hybridized carbons (Fsp3) is 0.500. The van der Waals surface area contributed by atoms with Crippen LogP contribution in [0.4, 0.5) is 0 Å². The molecule has 1 amide bonds. The van der Waals surface area contributed by atoms with Crippen molar-refractivity contribution < 1.29 is 14.7 Å². The molecule has 0 aromatic carbocycles. The first kappa shape index (κ1) is 12.8. The number of hydrogen-bond acceptors (Lipinski definition) is 6. The Morgan fingerprint density at radius 1 is 1.78 bits per heavy atom. The number of aromatic nitrogens is 1. The smallest absolute Gasteiger partial charge is 0.273 e. The first-order valence-electron chi connectivity index (χ1n) is 5.42. The van der Waals surface area contributed by atoms with Crippen LogP contribution in [-0.2, 0) is 4.74 Å². The molecule has 1 saturated heterocycles. The molecule has 0 bridgehead atoms. The minimum Gasteiger partial charge on any atom is -0.409 e. The Labute approximate surface area is 108 Å². The molecule has 0 radical (unpaired) electrons. The van der Waals surface area contributed by atoms with Crippen molar-refractivity contribution in [2.45, 2.75) is 13.0 Å². The van der Waals surface area contributed by atoms with E-state index in [-0.39, 0.29) is 18.3 Å². The molecular weight excluding hydrogens is 256 g/mol. The molecule has 0 spiro atoms. The molecule has 18 heavy (non-hydrogen) atoms. The molecule has 1 aliphatic heterocycles. The van der Waals surface area contributed by atoms with Crippen molar-refractivity contribution >= 4 is 23.1 Å². The second-order valence-corrected chi connectivity index (χ2v) is 4.95. The van der Waals surface area contributed by atoms with Gasteiger partial charge >= 0.3 is 0 Å². The number of ether oxygens (including phenoxy) is 1. The Morgan fingerprint density at radius 3 is 3.17 bits per heavy atom. The predicted molar refractivity (Wildman–Crippen MR) is 65.9 cm³/mol. The molecule has 98 valence electrons. The third-order valence-corrected chi connectivity index (χ3v) is 3.41. The SMILES string of the molecule is Cc1nc(C(=O)N2CCOC(C(N)=NO)C2)cs1. The van der Waals surface area contributed by atoms with E-state index in [2.05, 4.69) is 10.1 Å². The summed E-state index contributed by atoms with van der Waals surface area (Å²) in [4.78, 5) is 17.9. The maximum Gasteiger partial charge on any atom is 0.273 e. The molecule has 1 atom stereocenters. The molecule has 2 heterocycles. The van der Waals surface area contributed by atoms with Crippen molar-refractivity contribution in [2.75, 3.05) is 19.7 Å². The third-order valence-electron chi connectivity index (χ3n) is 2.64. The van der Waals surface area contributed by atoms with E-state index in [9.17, 15) is 4.79 Å². The zero-order chi connectivity index (χ0) is 13.1. The summed E-state index contributed by atoms with van der Waals surface area (Å²) in [7, 11) is 0. The number of hydrogen-bond donors (Lipinski definition) is 2. The molecule has 2 rings (SSSR count). The standard InChI is InChI=1S/C10H14N4O3S/c1-6-12-7(5-18-6)10(15)14-2-3-17-8(4-14)9(11)13-16/h5,8,16H,2-4H2,1H3,(H2,11,13). The summed E-state index contributed by atoms with van der Waals surface area (Å²) in [5.74, 6) is -0.180. The van der Waals surface area contributed by atoms with E-state index in [1.54, 1.807) is 10.3 Å². The Bertz CT molecular complexity index is 473. The van der Waals surface area contributed by atoms with E-state index in [1.165, 1.54) is 11.3 Å². The third kappa shape index (κ3) is 2.59. The molecule has 0 saturated carbocycles. The number of oxime groups is 1. The number of amidine groups is 1. The van der Waals surface area contributed by atoms with Crippen LogP contribution in [0.3, 0.4) is 0 Å². The van der Waals surface area contributed by atoms with Crippen LogP contribution in [0.2, 0.25) is 0 Å². The van der Waals surface area contributed by atoms with E-state index < -0.39 is 6.10 Å². The molecule has 7 nitrogen and oxygen atoms in total. The van der Waals surface area contributed by atoms with Gasteiger partial charge in [-0.2, -0.15) is 0 Å². The van der Waals surface area contributed by atoms with Crippen molar-refractivity contribution in [1.82, 2.24) is 9.88 Å². The van der Waals surface area contributed by atoms with E-state index in [4.69, 9.17) is 15.7 Å². The summed E-state index contributed by atoms with van der Waals surface area (Å²) in [6.45, 7) is 2.95. The number of amides is 1. The second-order valence-electron chi connectivity index (χ2n) is 3.89. The lowest BCUT2D eigenvalue weighted by Gasteiger charge is -2.31. The van der Waals surface area contributed by atoms with Crippen molar-refractivity contribution in [2.24, 2.45) is 10.9 Å². The topological polar surface area (TPSA) is 101 Å². The Morgan fingerprint density at radius 2 is 2.56 bits per heavy atom. The van der Waals surface area contributed by atoms with Gasteiger partial charge < -0.3 is 20.6 Å². The number of carbonyl (C=O) groups excluding carboxylic acids is 1. The minimum atomic E-state index is -0.563. The van der Waals surface area contributed by atoms with Crippen LogP contribution in [0.1, 0.15) is 15.5 Å². The van der Waals surface area contributed by atoms with E-state index in [0.29, 0.717) is 18.8 Å². The molecule has 1 fully saturated rings. The fourth-order valence-electron chi connectivity index (χ4n) is 1.70. The zero-order valence-corrected chi connectivity index (χ0v) is 10.7. The summed E-state index contributed by atoms with van der Waals surface area (Å²) in [6, 6.07) is 0. The Balaban J connectivity index is 2.07. The van der Waals surface area contributed by atoms with Crippen molar-refractivity contribution in [3.05, 3.63) is 16.1 Å². The number of aryl methyl sites for hydroxylation is 1. The Kier molecular flexibility index (Phi) is 3.78. The second kappa shape index (κ2) is 5.32. The predicted octanol–water partition coefficient (Wildman–Crippen LogP) is 0.0389. The van der Waals surface area contributed by atoms with Crippen molar-refractivity contribution in [3.8, 4) is 0 Å². The fourth-order valence-corrected chi connectivity index (χ4v) is 2.29. The van der Waals surface area contributed by atoms with Crippen molar-refractivity contribution in [1.29, 1.82) is 0 Å². The first-order valence-corrected chi connectivity index (χ1v) is 6.30. The highest BCUT2D eigenvalue weighted by atomic mass is 32.1. The van der Waals surface area contributed by atoms with Crippen LogP contribution in [0.5, 0.6) is 0 Å². The summed E-state index contributed by atoms with van der Waals surface area (Å²) in [5.41, 5.74) is 5.90. The molecule has 1 unspecified atom stereocenters. The van der Waals surface area contributed by atoms with Gasteiger partial charge in [0, 0.05) is 11.9 Å². The zero-order valence-electron chi connectivity index (χ0n) is 9.87. The lowest BCUT2D eigenvalue weighted by atomic mass is 10.2. The van der Waals surface area contributed by atoms with Crippen LogP contribution in [0.25, 0.3) is 0 Å². The summed E-state index contributed by atoms with van der Waals surface area (Å²) in [6.07, 6.45) is -0.563. The van der Waals surface area contributed by atoms with Gasteiger partial charge in [0.15, 0.2) is 5.84 Å². The monoisotopic (exact) mass is 270 g/mol. The van der Waals surface area contributed by atoms with Crippen LogP contribution in [0, 0.1) is 6.92 Å². The summed E-state index contributed by atoms with van der Waals surface area (Å²) < 4.78 is 5.32. The molecule has 1 aromatic heterocycles.